The van der Waals surface area contributed by atoms with E-state index in [2.05, 4.69) is 40.7 Å². The van der Waals surface area contributed by atoms with Gasteiger partial charge in [0.2, 0.25) is 0 Å². The SMILES string of the molecule is CC1CNc2ncc(-c3cc4c(c([C@@H]5COCCN5)c3)CN(C(=O)N3C5COCC3C5)CC4)cc21. The summed E-state index contributed by atoms with van der Waals surface area (Å²) >= 11 is 0. The first-order chi connectivity index (χ1) is 17.2. The van der Waals surface area contributed by atoms with Crippen LogP contribution in [0.5, 0.6) is 0 Å². The van der Waals surface area contributed by atoms with Crippen molar-refractivity contribution >= 4 is 11.8 Å². The maximum Gasteiger partial charge on any atom is 0.320 e. The van der Waals surface area contributed by atoms with E-state index >= 15 is 0 Å². The summed E-state index contributed by atoms with van der Waals surface area (Å²) in [4.78, 5) is 22.3. The predicted octanol–water partition coefficient (Wildman–Crippen LogP) is 2.89. The molecular formula is C27H33N5O3. The smallest absolute Gasteiger partial charge is 0.320 e. The van der Waals surface area contributed by atoms with Crippen molar-refractivity contribution < 1.29 is 14.3 Å². The van der Waals surface area contributed by atoms with E-state index in [1.54, 1.807) is 0 Å². The van der Waals surface area contributed by atoms with Crippen LogP contribution in [0, 0.1) is 0 Å². The van der Waals surface area contributed by atoms with Crippen LogP contribution in [0.25, 0.3) is 11.1 Å². The maximum atomic E-state index is 13.5. The van der Waals surface area contributed by atoms with Crippen molar-refractivity contribution in [2.45, 2.75) is 50.4 Å². The van der Waals surface area contributed by atoms with Crippen LogP contribution in [0.4, 0.5) is 10.6 Å². The fourth-order valence-corrected chi connectivity index (χ4v) is 6.44. The molecule has 7 rings (SSSR count). The summed E-state index contributed by atoms with van der Waals surface area (Å²) in [5.74, 6) is 1.48. The van der Waals surface area contributed by atoms with Gasteiger partial charge in [-0.3, -0.25) is 0 Å². The van der Waals surface area contributed by atoms with Gasteiger partial charge in [-0.2, -0.15) is 0 Å². The summed E-state index contributed by atoms with van der Waals surface area (Å²) in [7, 11) is 0. The number of benzene rings is 1. The molecular weight excluding hydrogens is 442 g/mol. The number of fused-ring (bicyclic) bond motifs is 4. The van der Waals surface area contributed by atoms with Gasteiger partial charge in [0.1, 0.15) is 5.82 Å². The lowest BCUT2D eigenvalue weighted by Crippen LogP contribution is -2.68. The van der Waals surface area contributed by atoms with E-state index in [4.69, 9.17) is 14.5 Å². The fraction of sp³-hybridized carbons (Fsp3) is 0.556. The zero-order chi connectivity index (χ0) is 23.5. The molecule has 1 aromatic heterocycles. The van der Waals surface area contributed by atoms with Crippen molar-refractivity contribution in [3.63, 3.8) is 0 Å². The number of ether oxygens (including phenoxy) is 2. The van der Waals surface area contributed by atoms with Crippen molar-refractivity contribution in [3.05, 3.63) is 46.6 Å². The molecule has 5 aliphatic heterocycles. The number of morpholine rings is 2. The number of pyridine rings is 1. The Morgan fingerprint density at radius 3 is 2.74 bits per heavy atom. The van der Waals surface area contributed by atoms with Crippen LogP contribution in [0.15, 0.2) is 24.4 Å². The molecule has 0 aliphatic carbocycles. The second-order valence-corrected chi connectivity index (χ2v) is 10.7. The van der Waals surface area contributed by atoms with E-state index in [1.807, 2.05) is 11.1 Å². The van der Waals surface area contributed by atoms with E-state index in [9.17, 15) is 4.79 Å². The summed E-state index contributed by atoms with van der Waals surface area (Å²) in [6.07, 6.45) is 3.94. The third kappa shape index (κ3) is 3.61. The molecule has 8 heteroatoms. The van der Waals surface area contributed by atoms with Crippen LogP contribution in [0.3, 0.4) is 0 Å². The van der Waals surface area contributed by atoms with Gasteiger partial charge in [-0.05, 0) is 52.8 Å². The molecule has 2 aromatic rings. The monoisotopic (exact) mass is 475 g/mol. The van der Waals surface area contributed by atoms with Crippen molar-refractivity contribution in [3.8, 4) is 11.1 Å². The number of carbonyl (C=O) groups is 1. The Morgan fingerprint density at radius 1 is 1.09 bits per heavy atom. The first-order valence-electron chi connectivity index (χ1n) is 13.0. The molecule has 3 fully saturated rings. The molecule has 3 saturated heterocycles. The Morgan fingerprint density at radius 2 is 1.94 bits per heavy atom. The van der Waals surface area contributed by atoms with Gasteiger partial charge in [0, 0.05) is 43.9 Å². The average Bonchev–Trinajstić information content (AvgIpc) is 3.28. The molecule has 184 valence electrons. The van der Waals surface area contributed by atoms with Gasteiger partial charge in [0.05, 0.1) is 44.6 Å². The molecule has 2 N–H and O–H groups in total. The molecule has 8 nitrogen and oxygen atoms in total. The normalized spacial score (nSPS) is 29.2. The standard InChI is InChI=1S/C27H33N5O3/c1-16-10-29-26-22(16)8-19(11-30-26)18-6-17-2-4-31(27(33)32-20-9-21(32)14-35-13-20)12-24(17)23(7-18)25-15-34-5-3-28-25/h6-8,11,16,20-21,25,28H,2-5,9-10,12-15H2,1H3,(H,29,30)/t16?,20?,21?,25-/m0/s1. The van der Waals surface area contributed by atoms with E-state index < -0.39 is 0 Å². The number of anilines is 1. The summed E-state index contributed by atoms with van der Waals surface area (Å²) in [5, 5.41) is 7.06. The maximum absolute atomic E-state index is 13.5. The van der Waals surface area contributed by atoms with Gasteiger partial charge in [-0.1, -0.05) is 13.0 Å². The van der Waals surface area contributed by atoms with E-state index in [0.29, 0.717) is 32.3 Å². The van der Waals surface area contributed by atoms with E-state index in [-0.39, 0.29) is 24.2 Å². The van der Waals surface area contributed by atoms with Crippen LogP contribution in [-0.4, -0.2) is 79.0 Å². The van der Waals surface area contributed by atoms with Gasteiger partial charge >= 0.3 is 6.03 Å². The summed E-state index contributed by atoms with van der Waals surface area (Å²) < 4.78 is 11.5. The highest BCUT2D eigenvalue weighted by Crippen LogP contribution is 2.38. The van der Waals surface area contributed by atoms with Crippen LogP contribution in [0.2, 0.25) is 0 Å². The number of carbonyl (C=O) groups excluding carboxylic acids is 1. The second-order valence-electron chi connectivity index (χ2n) is 10.7. The lowest BCUT2D eigenvalue weighted by Gasteiger charge is -2.53. The van der Waals surface area contributed by atoms with Gasteiger partial charge in [0.25, 0.3) is 0 Å². The van der Waals surface area contributed by atoms with Gasteiger partial charge in [0.15, 0.2) is 0 Å². The van der Waals surface area contributed by atoms with Gasteiger partial charge in [-0.25, -0.2) is 9.78 Å². The molecule has 0 saturated carbocycles. The van der Waals surface area contributed by atoms with Crippen molar-refractivity contribution in [1.82, 2.24) is 20.1 Å². The van der Waals surface area contributed by atoms with E-state index in [0.717, 1.165) is 50.5 Å². The lowest BCUT2D eigenvalue weighted by molar-refractivity contribution is -0.106. The third-order valence-electron chi connectivity index (χ3n) is 8.47. The van der Waals surface area contributed by atoms with Crippen molar-refractivity contribution in [2.24, 2.45) is 0 Å². The Labute approximate surface area is 206 Å². The Hall–Kier alpha value is -2.68. The minimum absolute atomic E-state index is 0.132. The molecule has 2 amide bonds. The van der Waals surface area contributed by atoms with Crippen molar-refractivity contribution in [2.75, 3.05) is 51.4 Å². The highest BCUT2D eigenvalue weighted by atomic mass is 16.5. The third-order valence-corrected chi connectivity index (χ3v) is 8.47. The average molecular weight is 476 g/mol. The van der Waals surface area contributed by atoms with Crippen LogP contribution in [-0.2, 0) is 22.4 Å². The minimum Gasteiger partial charge on any atom is -0.378 e. The zero-order valence-electron chi connectivity index (χ0n) is 20.3. The number of aromatic nitrogens is 1. The number of urea groups is 1. The van der Waals surface area contributed by atoms with Gasteiger partial charge < -0.3 is 29.9 Å². The molecule has 35 heavy (non-hydrogen) atoms. The lowest BCUT2D eigenvalue weighted by atomic mass is 9.86. The number of rotatable bonds is 2. The topological polar surface area (TPSA) is 79.0 Å². The predicted molar refractivity (Wildman–Crippen MR) is 133 cm³/mol. The first kappa shape index (κ1) is 21.6. The number of hydrogen-bond donors (Lipinski definition) is 2. The van der Waals surface area contributed by atoms with E-state index in [1.165, 1.54) is 27.8 Å². The molecule has 6 heterocycles. The molecule has 0 radical (unpaired) electrons. The highest BCUT2D eigenvalue weighted by Gasteiger charge is 2.47. The molecule has 0 spiro atoms. The highest BCUT2D eigenvalue weighted by molar-refractivity contribution is 5.77. The minimum atomic E-state index is 0.132. The molecule has 1 aromatic carbocycles. The Balaban J connectivity index is 1.23. The molecule has 3 unspecified atom stereocenters. The number of amides is 2. The quantitative estimate of drug-likeness (QED) is 0.696. The molecule has 5 aliphatic rings. The number of nitrogens with zero attached hydrogens (tertiary/aromatic N) is 3. The summed E-state index contributed by atoms with van der Waals surface area (Å²) in [5.41, 5.74) is 7.53. The molecule has 4 atom stereocenters. The summed E-state index contributed by atoms with van der Waals surface area (Å²) in [6.45, 7) is 8.18. The fourth-order valence-electron chi connectivity index (χ4n) is 6.44. The second kappa shape index (κ2) is 8.47. The Kier molecular flexibility index (Phi) is 5.22. The van der Waals surface area contributed by atoms with Crippen LogP contribution >= 0.6 is 0 Å². The first-order valence-corrected chi connectivity index (χ1v) is 13.0. The zero-order valence-corrected chi connectivity index (χ0v) is 20.3. The number of nitrogens with one attached hydrogen (secondary N) is 2. The summed E-state index contributed by atoms with van der Waals surface area (Å²) in [6, 6.07) is 7.74. The van der Waals surface area contributed by atoms with Crippen LogP contribution in [0.1, 0.15) is 47.6 Å². The van der Waals surface area contributed by atoms with Crippen LogP contribution < -0.4 is 10.6 Å². The van der Waals surface area contributed by atoms with Gasteiger partial charge in [-0.15, -0.1) is 0 Å². The Bertz CT molecular complexity index is 1150. The number of hydrogen-bond acceptors (Lipinski definition) is 6. The largest absolute Gasteiger partial charge is 0.378 e. The molecule has 2 bridgehead atoms. The van der Waals surface area contributed by atoms with Crippen molar-refractivity contribution in [1.29, 1.82) is 0 Å².